The maximum atomic E-state index is 12.1. The monoisotopic (exact) mass is 262 g/mol. The lowest BCUT2D eigenvalue weighted by Gasteiger charge is -2.34. The van der Waals surface area contributed by atoms with Crippen molar-refractivity contribution >= 4 is 10.2 Å². The van der Waals surface area contributed by atoms with Crippen molar-refractivity contribution in [1.82, 2.24) is 9.03 Å². The highest BCUT2D eigenvalue weighted by atomic mass is 32.2. The Hall–Kier alpha value is -0.130. The van der Waals surface area contributed by atoms with Crippen LogP contribution in [0, 0.1) is 5.41 Å². The molecule has 0 saturated carbocycles. The van der Waals surface area contributed by atoms with Crippen LogP contribution >= 0.6 is 0 Å². The first kappa shape index (κ1) is 14.9. The van der Waals surface area contributed by atoms with Crippen LogP contribution in [0.15, 0.2) is 0 Å². The highest BCUT2D eigenvalue weighted by molar-refractivity contribution is 7.87. The summed E-state index contributed by atoms with van der Waals surface area (Å²) in [5.74, 6) is 0. The molecule has 0 aromatic heterocycles. The highest BCUT2D eigenvalue weighted by Gasteiger charge is 2.33. The summed E-state index contributed by atoms with van der Waals surface area (Å²) in [6.07, 6.45) is 2.76. The Labute approximate surface area is 106 Å². The van der Waals surface area contributed by atoms with Crippen molar-refractivity contribution in [1.29, 1.82) is 0 Å². The first-order valence-corrected chi connectivity index (χ1v) is 7.75. The third-order valence-electron chi connectivity index (χ3n) is 2.78. The van der Waals surface area contributed by atoms with Gasteiger partial charge in [-0.25, -0.2) is 0 Å². The van der Waals surface area contributed by atoms with Crippen LogP contribution in [0.5, 0.6) is 0 Å². The zero-order valence-electron chi connectivity index (χ0n) is 11.7. The van der Waals surface area contributed by atoms with Crippen molar-refractivity contribution in [2.75, 3.05) is 13.1 Å². The number of hydrogen-bond acceptors (Lipinski definition) is 2. The van der Waals surface area contributed by atoms with Crippen LogP contribution < -0.4 is 4.72 Å². The zero-order valence-corrected chi connectivity index (χ0v) is 12.5. The molecule has 0 aliphatic carbocycles. The average Bonchev–Trinajstić information content (AvgIpc) is 2.46. The third kappa shape index (κ3) is 4.94. The summed E-state index contributed by atoms with van der Waals surface area (Å²) in [5, 5.41) is 0. The molecule has 17 heavy (non-hydrogen) atoms. The quantitative estimate of drug-likeness (QED) is 0.844. The molecule has 0 unspecified atom stereocenters. The second-order valence-electron chi connectivity index (χ2n) is 6.83. The van der Waals surface area contributed by atoms with Crippen molar-refractivity contribution < 1.29 is 8.42 Å². The largest absolute Gasteiger partial charge is 0.279 e. The summed E-state index contributed by atoms with van der Waals surface area (Å²) in [7, 11) is -3.31. The molecule has 102 valence electrons. The second-order valence-corrected chi connectivity index (χ2v) is 8.51. The summed E-state index contributed by atoms with van der Waals surface area (Å²) >= 11 is 0. The maximum absolute atomic E-state index is 12.1. The van der Waals surface area contributed by atoms with Gasteiger partial charge < -0.3 is 0 Å². The van der Waals surface area contributed by atoms with Crippen LogP contribution in [-0.4, -0.2) is 31.4 Å². The number of rotatable bonds is 4. The molecule has 1 fully saturated rings. The van der Waals surface area contributed by atoms with Crippen LogP contribution in [0.25, 0.3) is 0 Å². The van der Waals surface area contributed by atoms with Crippen LogP contribution in [0.1, 0.15) is 53.9 Å². The van der Waals surface area contributed by atoms with Crippen LogP contribution in [0.4, 0.5) is 0 Å². The zero-order chi connectivity index (χ0) is 13.3. The maximum Gasteiger partial charge on any atom is 0.279 e. The molecule has 5 heteroatoms. The lowest BCUT2D eigenvalue weighted by Crippen LogP contribution is -2.51. The Morgan fingerprint density at radius 3 is 1.94 bits per heavy atom. The average molecular weight is 262 g/mol. The van der Waals surface area contributed by atoms with Crippen molar-refractivity contribution in [2.45, 2.75) is 59.4 Å². The molecular formula is C12H26N2O2S. The van der Waals surface area contributed by atoms with E-state index in [1.165, 1.54) is 0 Å². The van der Waals surface area contributed by atoms with E-state index in [9.17, 15) is 8.42 Å². The van der Waals surface area contributed by atoms with E-state index in [1.807, 2.05) is 13.8 Å². The summed E-state index contributed by atoms with van der Waals surface area (Å²) in [6, 6.07) is 0. The van der Waals surface area contributed by atoms with Gasteiger partial charge in [0, 0.05) is 18.6 Å². The Bertz CT molecular complexity index is 349. The predicted molar refractivity (Wildman–Crippen MR) is 71.0 cm³/mol. The molecule has 1 heterocycles. The molecule has 0 radical (unpaired) electrons. The van der Waals surface area contributed by atoms with Crippen molar-refractivity contribution in [2.24, 2.45) is 5.41 Å². The van der Waals surface area contributed by atoms with Gasteiger partial charge in [0.1, 0.15) is 0 Å². The van der Waals surface area contributed by atoms with Gasteiger partial charge in [-0.1, -0.05) is 20.8 Å². The molecular weight excluding hydrogens is 236 g/mol. The van der Waals surface area contributed by atoms with Crippen molar-refractivity contribution in [3.05, 3.63) is 0 Å². The normalized spacial score (nSPS) is 19.8. The fourth-order valence-electron chi connectivity index (χ4n) is 2.70. The molecule has 1 rings (SSSR count). The smallest absolute Gasteiger partial charge is 0.197 e. The lowest BCUT2D eigenvalue weighted by molar-refractivity contribution is 0.265. The van der Waals surface area contributed by atoms with Crippen molar-refractivity contribution in [3.63, 3.8) is 0 Å². The van der Waals surface area contributed by atoms with Crippen LogP contribution in [0.2, 0.25) is 0 Å². The van der Waals surface area contributed by atoms with E-state index in [-0.39, 0.29) is 5.41 Å². The van der Waals surface area contributed by atoms with Gasteiger partial charge in [-0.15, -0.1) is 0 Å². The number of nitrogens with zero attached hydrogens (tertiary/aromatic N) is 1. The SMILES string of the molecule is CC(C)(C)CC(C)(C)NS(=O)(=O)N1CCCC1. The molecule has 0 atom stereocenters. The van der Waals surface area contributed by atoms with E-state index < -0.39 is 15.7 Å². The Morgan fingerprint density at radius 2 is 1.53 bits per heavy atom. The summed E-state index contributed by atoms with van der Waals surface area (Å²) in [6.45, 7) is 11.6. The molecule has 0 spiro atoms. The van der Waals surface area contributed by atoms with Gasteiger partial charge in [0.25, 0.3) is 10.2 Å². The standard InChI is InChI=1S/C12H26N2O2S/c1-11(2,3)10-12(4,5)13-17(15,16)14-8-6-7-9-14/h13H,6-10H2,1-5H3. The van der Waals surface area contributed by atoms with Gasteiger partial charge in [0.2, 0.25) is 0 Å². The van der Waals surface area contributed by atoms with Gasteiger partial charge >= 0.3 is 0 Å². The summed E-state index contributed by atoms with van der Waals surface area (Å²) < 4.78 is 28.7. The lowest BCUT2D eigenvalue weighted by atomic mass is 9.82. The first-order chi connectivity index (χ1) is 7.52. The Balaban J connectivity index is 2.69. The van der Waals surface area contributed by atoms with Gasteiger partial charge in [-0.2, -0.15) is 17.4 Å². The minimum atomic E-state index is -3.31. The predicted octanol–water partition coefficient (Wildman–Crippen LogP) is 2.13. The molecule has 0 aromatic rings. The van der Waals surface area contributed by atoms with Crippen LogP contribution in [0.3, 0.4) is 0 Å². The molecule has 1 aliphatic heterocycles. The van der Waals surface area contributed by atoms with Gasteiger partial charge in [0.05, 0.1) is 0 Å². The van der Waals surface area contributed by atoms with E-state index in [0.29, 0.717) is 13.1 Å². The van der Waals surface area contributed by atoms with Gasteiger partial charge in [-0.3, -0.25) is 0 Å². The molecule has 0 aromatic carbocycles. The summed E-state index contributed by atoms with van der Waals surface area (Å²) in [4.78, 5) is 0. The molecule has 1 saturated heterocycles. The topological polar surface area (TPSA) is 49.4 Å². The number of hydrogen-bond donors (Lipinski definition) is 1. The van der Waals surface area contributed by atoms with E-state index in [2.05, 4.69) is 25.5 Å². The van der Waals surface area contributed by atoms with E-state index in [1.54, 1.807) is 4.31 Å². The molecule has 0 bridgehead atoms. The second kappa shape index (κ2) is 4.86. The van der Waals surface area contributed by atoms with E-state index in [4.69, 9.17) is 0 Å². The highest BCUT2D eigenvalue weighted by Crippen LogP contribution is 2.28. The summed E-state index contributed by atoms with van der Waals surface area (Å²) in [5.41, 5.74) is -0.295. The van der Waals surface area contributed by atoms with Gasteiger partial charge in [0.15, 0.2) is 0 Å². The van der Waals surface area contributed by atoms with Gasteiger partial charge in [-0.05, 0) is 38.5 Å². The minimum absolute atomic E-state index is 0.108. The van der Waals surface area contributed by atoms with Crippen molar-refractivity contribution in [3.8, 4) is 0 Å². The fraction of sp³-hybridized carbons (Fsp3) is 1.00. The molecule has 0 amide bonds. The third-order valence-corrected chi connectivity index (χ3v) is 4.64. The van der Waals surface area contributed by atoms with E-state index in [0.717, 1.165) is 19.3 Å². The number of nitrogens with one attached hydrogen (secondary N) is 1. The Morgan fingerprint density at radius 1 is 1.06 bits per heavy atom. The Kier molecular flexibility index (Phi) is 4.27. The molecule has 1 N–H and O–H groups in total. The van der Waals surface area contributed by atoms with E-state index >= 15 is 0 Å². The fourth-order valence-corrected chi connectivity index (χ4v) is 4.34. The van der Waals surface area contributed by atoms with Crippen LogP contribution in [-0.2, 0) is 10.2 Å². The molecule has 1 aliphatic rings. The first-order valence-electron chi connectivity index (χ1n) is 6.31. The minimum Gasteiger partial charge on any atom is -0.197 e. The molecule has 4 nitrogen and oxygen atoms in total.